The van der Waals surface area contributed by atoms with Gasteiger partial charge in [-0.2, -0.15) is 0 Å². The van der Waals surface area contributed by atoms with Gasteiger partial charge in [0.2, 0.25) is 0 Å². The Kier molecular flexibility index (Phi) is 10.1. The van der Waals surface area contributed by atoms with Gasteiger partial charge in [-0.25, -0.2) is 0 Å². The van der Waals surface area contributed by atoms with E-state index in [0.717, 1.165) is 0 Å². The molecular weight excluding hydrogens is 400 g/mol. The number of hydrogen-bond donors (Lipinski definition) is 1. The van der Waals surface area contributed by atoms with Crippen LogP contribution in [0.25, 0.3) is 0 Å². The van der Waals surface area contributed by atoms with E-state index in [-0.39, 0.29) is 13.2 Å². The van der Waals surface area contributed by atoms with Crippen LogP contribution >= 0.6 is 0 Å². The van der Waals surface area contributed by atoms with Crippen molar-refractivity contribution in [3.8, 4) is 0 Å². The molecule has 176 valence electrons. The van der Waals surface area contributed by atoms with Gasteiger partial charge in [-0.3, -0.25) is 0 Å². The van der Waals surface area contributed by atoms with Crippen LogP contribution in [0, 0.1) is 0 Å². The topological polar surface area (TPSA) is 103 Å². The Balaban J connectivity index is 2.33. The second-order valence-electron chi connectivity index (χ2n) is 7.30. The summed E-state index contributed by atoms with van der Waals surface area (Å²) in [6.45, 7) is 3.77. The van der Waals surface area contributed by atoms with E-state index < -0.39 is 54.8 Å². The summed E-state index contributed by atoms with van der Waals surface area (Å²) < 4.78 is 51.8. The summed E-state index contributed by atoms with van der Waals surface area (Å²) in [5.74, 6) is 0. The lowest BCUT2D eigenvalue weighted by atomic mass is 9.92. The van der Waals surface area contributed by atoms with E-state index in [0.29, 0.717) is 6.42 Å². The predicted molar refractivity (Wildman–Crippen MR) is 105 cm³/mol. The van der Waals surface area contributed by atoms with Crippen molar-refractivity contribution < 1.29 is 47.7 Å². The first kappa shape index (κ1) is 25.6. The van der Waals surface area contributed by atoms with Crippen LogP contribution in [0.5, 0.6) is 0 Å². The number of rotatable bonds is 12. The number of aliphatic hydroxyl groups excluding tert-OH is 1. The Morgan fingerprint density at radius 1 is 0.867 bits per heavy atom. The molecule has 1 N–H and O–H groups in total. The minimum atomic E-state index is -0.848. The van der Waals surface area contributed by atoms with E-state index in [1.165, 1.54) is 21.3 Å². The lowest BCUT2D eigenvalue weighted by Crippen LogP contribution is -2.62. The molecule has 0 amide bonds. The van der Waals surface area contributed by atoms with Crippen molar-refractivity contribution in [2.24, 2.45) is 0 Å². The predicted octanol–water partition coefficient (Wildman–Crippen LogP) is 0.113. The van der Waals surface area contributed by atoms with Gasteiger partial charge in [0.15, 0.2) is 12.6 Å². The van der Waals surface area contributed by atoms with Crippen LogP contribution < -0.4 is 0 Å². The van der Waals surface area contributed by atoms with Crippen LogP contribution in [0.3, 0.4) is 0 Å². The molecule has 0 spiro atoms. The van der Waals surface area contributed by atoms with Crippen LogP contribution in [-0.2, 0) is 42.6 Å². The molecule has 30 heavy (non-hydrogen) atoms. The van der Waals surface area contributed by atoms with Crippen molar-refractivity contribution in [2.75, 3.05) is 55.9 Å². The lowest BCUT2D eigenvalue weighted by molar-refractivity contribution is -0.335. The molecule has 2 rings (SSSR count). The molecule has 2 aliphatic heterocycles. The van der Waals surface area contributed by atoms with Gasteiger partial charge in [-0.05, 0) is 6.42 Å². The first-order chi connectivity index (χ1) is 14.5. The molecule has 0 bridgehead atoms. The molecule has 2 aliphatic rings. The van der Waals surface area contributed by atoms with Gasteiger partial charge in [0.25, 0.3) is 0 Å². The van der Waals surface area contributed by atoms with E-state index in [4.69, 9.17) is 42.6 Å². The highest BCUT2D eigenvalue weighted by molar-refractivity contribution is 5.05. The van der Waals surface area contributed by atoms with E-state index in [1.54, 1.807) is 27.4 Å². The fraction of sp³-hybridized carbons (Fsp3) is 0.900. The summed E-state index contributed by atoms with van der Waals surface area (Å²) in [6.07, 6.45) is -3.03. The van der Waals surface area contributed by atoms with E-state index in [9.17, 15) is 5.11 Å². The van der Waals surface area contributed by atoms with Gasteiger partial charge in [0.05, 0.1) is 13.2 Å². The van der Waals surface area contributed by atoms with Crippen LogP contribution in [0.4, 0.5) is 0 Å². The molecule has 0 aromatic rings. The van der Waals surface area contributed by atoms with Gasteiger partial charge < -0.3 is 47.7 Å². The third-order valence-electron chi connectivity index (χ3n) is 5.68. The van der Waals surface area contributed by atoms with Crippen LogP contribution in [-0.4, -0.2) is 116 Å². The minimum Gasteiger partial charge on any atom is -0.394 e. The van der Waals surface area contributed by atoms with Gasteiger partial charge in [-0.15, -0.1) is 6.58 Å². The molecule has 0 aromatic carbocycles. The van der Waals surface area contributed by atoms with Crippen molar-refractivity contribution in [3.63, 3.8) is 0 Å². The summed E-state index contributed by atoms with van der Waals surface area (Å²) in [5.41, 5.74) is -0.848. The quantitative estimate of drug-likeness (QED) is 0.424. The molecule has 2 heterocycles. The van der Waals surface area contributed by atoms with Crippen molar-refractivity contribution in [1.29, 1.82) is 0 Å². The van der Waals surface area contributed by atoms with Gasteiger partial charge in [0, 0.05) is 42.7 Å². The first-order valence-corrected chi connectivity index (χ1v) is 9.84. The number of aliphatic hydroxyl groups is 1. The molecule has 0 aliphatic carbocycles. The maximum atomic E-state index is 9.93. The largest absolute Gasteiger partial charge is 0.394 e. The number of hydrogen-bond acceptors (Lipinski definition) is 10. The highest BCUT2D eigenvalue weighted by Gasteiger charge is 2.58. The first-order valence-electron chi connectivity index (χ1n) is 9.84. The van der Waals surface area contributed by atoms with Gasteiger partial charge in [0.1, 0.15) is 42.2 Å². The Bertz CT molecular complexity index is 520. The Labute approximate surface area is 178 Å². The number of ether oxygens (including phenoxy) is 9. The fourth-order valence-corrected chi connectivity index (χ4v) is 4.37. The maximum absolute atomic E-state index is 9.93. The third kappa shape index (κ3) is 4.88. The SMILES string of the molecule is C=CC[C@]1(COC)O[C@H](O[C@H]2[C@H](OC)[C@@H](OC)[C@@H](OC)O[C@@H]2CO)[C@@H](OC)[C@@H]1OC. The normalized spacial score (nSPS) is 41.8. The highest BCUT2D eigenvalue weighted by atomic mass is 16.8. The lowest BCUT2D eigenvalue weighted by Gasteiger charge is -2.45. The van der Waals surface area contributed by atoms with Crippen molar-refractivity contribution in [1.82, 2.24) is 0 Å². The number of methoxy groups -OCH3 is 6. The zero-order valence-corrected chi connectivity index (χ0v) is 18.6. The standard InChI is InChI=1S/C20H36O10/c1-8-9-20(11-22-2)17(26-6)16(25-5)19(30-20)29-13-12(10-21)28-18(27-7)15(24-4)14(13)23-3/h8,12-19,21H,1,9-11H2,2-7H3/t12-,13-,14+,15-,16+,17+,18+,19+,20-/m1/s1. The Hall–Kier alpha value is -0.660. The maximum Gasteiger partial charge on any atom is 0.187 e. The molecule has 10 nitrogen and oxygen atoms in total. The van der Waals surface area contributed by atoms with E-state index in [2.05, 4.69) is 6.58 Å². The van der Waals surface area contributed by atoms with Crippen molar-refractivity contribution in [3.05, 3.63) is 12.7 Å². The second-order valence-corrected chi connectivity index (χ2v) is 7.30. The van der Waals surface area contributed by atoms with Gasteiger partial charge >= 0.3 is 0 Å². The molecule has 2 saturated heterocycles. The third-order valence-corrected chi connectivity index (χ3v) is 5.68. The summed E-state index contributed by atoms with van der Waals surface area (Å²) in [4.78, 5) is 0. The molecule has 10 heteroatoms. The highest BCUT2D eigenvalue weighted by Crippen LogP contribution is 2.40. The van der Waals surface area contributed by atoms with Crippen LogP contribution in [0.2, 0.25) is 0 Å². The smallest absolute Gasteiger partial charge is 0.187 e. The summed E-state index contributed by atoms with van der Waals surface area (Å²) in [7, 11) is 9.29. The van der Waals surface area contributed by atoms with E-state index >= 15 is 0 Å². The summed E-state index contributed by atoms with van der Waals surface area (Å²) >= 11 is 0. The Morgan fingerprint density at radius 3 is 2.00 bits per heavy atom. The van der Waals surface area contributed by atoms with E-state index in [1.807, 2.05) is 0 Å². The molecule has 0 saturated carbocycles. The minimum absolute atomic E-state index is 0.252. The molecule has 0 unspecified atom stereocenters. The Morgan fingerprint density at radius 2 is 1.53 bits per heavy atom. The fourth-order valence-electron chi connectivity index (χ4n) is 4.37. The van der Waals surface area contributed by atoms with Crippen LogP contribution in [0.1, 0.15) is 6.42 Å². The van der Waals surface area contributed by atoms with Crippen molar-refractivity contribution in [2.45, 2.75) is 61.2 Å². The summed E-state index contributed by atoms with van der Waals surface area (Å²) in [5, 5.41) is 9.93. The van der Waals surface area contributed by atoms with Gasteiger partial charge in [-0.1, -0.05) is 6.08 Å². The zero-order valence-electron chi connectivity index (χ0n) is 18.6. The molecule has 0 radical (unpaired) electrons. The second kappa shape index (κ2) is 11.8. The molecule has 2 fully saturated rings. The zero-order chi connectivity index (χ0) is 22.3. The van der Waals surface area contributed by atoms with Crippen molar-refractivity contribution >= 4 is 0 Å². The molecular formula is C20H36O10. The molecule has 9 atom stereocenters. The molecule has 0 aromatic heterocycles. The average Bonchev–Trinajstić information content (AvgIpc) is 3.05. The average molecular weight is 436 g/mol. The monoisotopic (exact) mass is 436 g/mol. The summed E-state index contributed by atoms with van der Waals surface area (Å²) in [6, 6.07) is 0. The van der Waals surface area contributed by atoms with Crippen LogP contribution in [0.15, 0.2) is 12.7 Å².